The van der Waals surface area contributed by atoms with E-state index in [4.69, 9.17) is 4.74 Å². The molecule has 0 bridgehead atoms. The van der Waals surface area contributed by atoms with Gasteiger partial charge >= 0.3 is 5.97 Å². The van der Waals surface area contributed by atoms with Crippen LogP contribution in [-0.4, -0.2) is 42.4 Å². The van der Waals surface area contributed by atoms with Crippen LogP contribution in [0.25, 0.3) is 0 Å². The minimum atomic E-state index is -0.957. The average Bonchev–Trinajstić information content (AvgIpc) is 2.74. The van der Waals surface area contributed by atoms with E-state index in [1.807, 2.05) is 0 Å². The second-order valence-corrected chi connectivity index (χ2v) is 6.43. The maximum Gasteiger partial charge on any atom is 0.326 e. The molecule has 1 heterocycles. The van der Waals surface area contributed by atoms with Crippen molar-refractivity contribution in [2.24, 2.45) is 0 Å². The van der Waals surface area contributed by atoms with Crippen molar-refractivity contribution in [3.05, 3.63) is 28.2 Å². The third-order valence-corrected chi connectivity index (χ3v) is 4.25. The zero-order valence-corrected chi connectivity index (χ0v) is 14.9. The first kappa shape index (κ1) is 19.3. The number of nitrogens with one attached hydrogen (secondary N) is 1. The van der Waals surface area contributed by atoms with Gasteiger partial charge in [-0.25, -0.2) is 8.78 Å². The standard InChI is InChI=1S/C16H17BrF2N2O4/c17-11-6-10(18)7-12(19)16(11)20-13(22)9-25-15(24)8-21-5-3-1-2-4-14(21)23/h6-7H,1-5,8-9H2,(H,20,22). The Morgan fingerprint density at radius 1 is 1.24 bits per heavy atom. The molecule has 1 aliphatic rings. The predicted molar refractivity (Wildman–Crippen MR) is 88.7 cm³/mol. The van der Waals surface area contributed by atoms with Crippen LogP contribution in [0.1, 0.15) is 25.7 Å². The summed E-state index contributed by atoms with van der Waals surface area (Å²) in [7, 11) is 0. The fraction of sp³-hybridized carbons (Fsp3) is 0.438. The number of anilines is 1. The van der Waals surface area contributed by atoms with E-state index in [1.165, 1.54) is 4.90 Å². The Bertz CT molecular complexity index is 661. The van der Waals surface area contributed by atoms with Crippen molar-refractivity contribution in [2.45, 2.75) is 25.7 Å². The highest BCUT2D eigenvalue weighted by molar-refractivity contribution is 9.10. The first-order valence-corrected chi connectivity index (χ1v) is 8.54. The number of nitrogens with zero attached hydrogens (tertiary/aromatic N) is 1. The van der Waals surface area contributed by atoms with E-state index in [-0.39, 0.29) is 22.6 Å². The molecule has 0 aromatic heterocycles. The summed E-state index contributed by atoms with van der Waals surface area (Å²) in [6.45, 7) is -0.376. The number of ether oxygens (including phenoxy) is 1. The Labute approximate surface area is 151 Å². The maximum absolute atomic E-state index is 13.6. The molecule has 0 spiro atoms. The molecule has 0 saturated carbocycles. The average molecular weight is 419 g/mol. The van der Waals surface area contributed by atoms with Gasteiger partial charge in [0.1, 0.15) is 12.4 Å². The van der Waals surface area contributed by atoms with Crippen molar-refractivity contribution in [2.75, 3.05) is 25.0 Å². The van der Waals surface area contributed by atoms with Crippen LogP contribution >= 0.6 is 15.9 Å². The van der Waals surface area contributed by atoms with Gasteiger partial charge in [0, 0.05) is 23.5 Å². The minimum absolute atomic E-state index is 0.0276. The molecule has 6 nitrogen and oxygen atoms in total. The Morgan fingerprint density at radius 2 is 2.00 bits per heavy atom. The lowest BCUT2D eigenvalue weighted by molar-refractivity contribution is -0.151. The highest BCUT2D eigenvalue weighted by atomic mass is 79.9. The summed E-state index contributed by atoms with van der Waals surface area (Å²) in [5, 5.41) is 2.20. The lowest BCUT2D eigenvalue weighted by Crippen LogP contribution is -2.36. The molecule has 136 valence electrons. The fourth-order valence-corrected chi connectivity index (χ4v) is 2.90. The number of carbonyl (C=O) groups excluding carboxylic acids is 3. The Kier molecular flexibility index (Phi) is 6.86. The molecule has 9 heteroatoms. The quantitative estimate of drug-likeness (QED) is 0.745. The SMILES string of the molecule is O=C(COC(=O)CN1CCCCCC1=O)Nc1c(F)cc(F)cc1Br. The fourth-order valence-electron chi connectivity index (χ4n) is 2.39. The zero-order valence-electron chi connectivity index (χ0n) is 13.3. The summed E-state index contributed by atoms with van der Waals surface area (Å²) in [6, 6.07) is 1.62. The van der Waals surface area contributed by atoms with Crippen molar-refractivity contribution in [1.29, 1.82) is 0 Å². The molecule has 0 unspecified atom stereocenters. The molecule has 2 amide bonds. The van der Waals surface area contributed by atoms with Gasteiger partial charge in [0.15, 0.2) is 12.4 Å². The van der Waals surface area contributed by atoms with Gasteiger partial charge in [-0.15, -0.1) is 0 Å². The number of halogens is 3. The lowest BCUT2D eigenvalue weighted by atomic mass is 10.2. The second kappa shape index (κ2) is 8.89. The summed E-state index contributed by atoms with van der Waals surface area (Å²) in [6.07, 6.45) is 2.94. The number of carbonyl (C=O) groups is 3. The molecule has 1 N–H and O–H groups in total. The van der Waals surface area contributed by atoms with E-state index in [0.29, 0.717) is 19.0 Å². The van der Waals surface area contributed by atoms with Crippen LogP contribution in [0.3, 0.4) is 0 Å². The predicted octanol–water partition coefficient (Wildman–Crippen LogP) is 2.61. The first-order valence-electron chi connectivity index (χ1n) is 7.74. The number of rotatable bonds is 5. The summed E-state index contributed by atoms with van der Waals surface area (Å²) in [4.78, 5) is 36.7. The van der Waals surface area contributed by atoms with Crippen LogP contribution in [0.15, 0.2) is 16.6 Å². The molecule has 0 atom stereocenters. The van der Waals surface area contributed by atoms with E-state index in [1.54, 1.807) is 0 Å². The summed E-state index contributed by atoms with van der Waals surface area (Å²) in [5.74, 6) is -3.36. The van der Waals surface area contributed by atoms with Crippen LogP contribution in [0.5, 0.6) is 0 Å². The van der Waals surface area contributed by atoms with Crippen molar-refractivity contribution >= 4 is 39.4 Å². The largest absolute Gasteiger partial charge is 0.454 e. The molecule has 1 aromatic rings. The number of esters is 1. The monoisotopic (exact) mass is 418 g/mol. The van der Waals surface area contributed by atoms with Gasteiger partial charge < -0.3 is 15.0 Å². The molecule has 2 rings (SSSR count). The highest BCUT2D eigenvalue weighted by Crippen LogP contribution is 2.26. The molecule has 1 fully saturated rings. The van der Waals surface area contributed by atoms with Crippen LogP contribution in [0.4, 0.5) is 14.5 Å². The van der Waals surface area contributed by atoms with E-state index < -0.39 is 30.1 Å². The molecule has 1 saturated heterocycles. The molecule has 0 aliphatic carbocycles. The Morgan fingerprint density at radius 3 is 2.72 bits per heavy atom. The zero-order chi connectivity index (χ0) is 18.4. The number of benzene rings is 1. The van der Waals surface area contributed by atoms with Gasteiger partial charge in [0.05, 0.1) is 5.69 Å². The summed E-state index contributed by atoms with van der Waals surface area (Å²) in [5.41, 5.74) is -0.245. The molecule has 0 radical (unpaired) electrons. The van der Waals surface area contributed by atoms with Gasteiger partial charge in [0.25, 0.3) is 5.91 Å². The Balaban J connectivity index is 1.83. The van der Waals surface area contributed by atoms with Crippen molar-refractivity contribution in [1.82, 2.24) is 4.90 Å². The van der Waals surface area contributed by atoms with Gasteiger partial charge in [0.2, 0.25) is 5.91 Å². The normalized spacial score (nSPS) is 14.8. The molecule has 1 aliphatic heterocycles. The van der Waals surface area contributed by atoms with Crippen LogP contribution < -0.4 is 5.32 Å². The maximum atomic E-state index is 13.6. The number of amides is 2. The van der Waals surface area contributed by atoms with Gasteiger partial charge in [-0.3, -0.25) is 14.4 Å². The molecule has 1 aromatic carbocycles. The number of hydrogen-bond acceptors (Lipinski definition) is 4. The molecular weight excluding hydrogens is 402 g/mol. The van der Waals surface area contributed by atoms with Crippen LogP contribution in [0.2, 0.25) is 0 Å². The lowest BCUT2D eigenvalue weighted by Gasteiger charge is -2.19. The van der Waals surface area contributed by atoms with E-state index in [9.17, 15) is 23.2 Å². The Hall–Kier alpha value is -2.03. The smallest absolute Gasteiger partial charge is 0.326 e. The van der Waals surface area contributed by atoms with E-state index in [2.05, 4.69) is 21.2 Å². The third-order valence-electron chi connectivity index (χ3n) is 3.63. The molecule has 25 heavy (non-hydrogen) atoms. The van der Waals surface area contributed by atoms with Gasteiger partial charge in [-0.1, -0.05) is 6.42 Å². The van der Waals surface area contributed by atoms with Gasteiger partial charge in [-0.05, 0) is 34.8 Å². The highest BCUT2D eigenvalue weighted by Gasteiger charge is 2.21. The van der Waals surface area contributed by atoms with Crippen LogP contribution in [0, 0.1) is 11.6 Å². The van der Waals surface area contributed by atoms with Crippen molar-refractivity contribution in [3.8, 4) is 0 Å². The summed E-state index contributed by atoms with van der Waals surface area (Å²) < 4.78 is 31.5. The van der Waals surface area contributed by atoms with Crippen LogP contribution in [-0.2, 0) is 19.1 Å². The first-order chi connectivity index (χ1) is 11.9. The minimum Gasteiger partial charge on any atom is -0.454 e. The molecular formula is C16H17BrF2N2O4. The van der Waals surface area contributed by atoms with E-state index in [0.717, 1.165) is 25.3 Å². The topological polar surface area (TPSA) is 75.7 Å². The summed E-state index contributed by atoms with van der Waals surface area (Å²) >= 11 is 2.94. The number of likely N-dealkylation sites (tertiary alicyclic amines) is 1. The van der Waals surface area contributed by atoms with Crippen molar-refractivity contribution < 1.29 is 27.9 Å². The van der Waals surface area contributed by atoms with Gasteiger partial charge in [-0.2, -0.15) is 0 Å². The third kappa shape index (κ3) is 5.77. The second-order valence-electron chi connectivity index (χ2n) is 5.58. The number of hydrogen-bond donors (Lipinski definition) is 1. The van der Waals surface area contributed by atoms with Crippen molar-refractivity contribution in [3.63, 3.8) is 0 Å². The van der Waals surface area contributed by atoms with E-state index >= 15 is 0 Å².